The van der Waals surface area contributed by atoms with E-state index in [1.165, 1.54) is 22.8 Å². The number of rotatable bonds is 5. The van der Waals surface area contributed by atoms with Gasteiger partial charge < -0.3 is 9.84 Å². The van der Waals surface area contributed by atoms with Crippen molar-refractivity contribution in [3.8, 4) is 5.75 Å². The van der Waals surface area contributed by atoms with Gasteiger partial charge in [-0.1, -0.05) is 42.5 Å². The number of carbonyl (C=O) groups excluding carboxylic acids is 1. The minimum absolute atomic E-state index is 0.0478. The molecule has 0 aromatic heterocycles. The predicted molar refractivity (Wildman–Crippen MR) is 124 cm³/mol. The number of hydrogen-bond donors (Lipinski definition) is 1. The van der Waals surface area contributed by atoms with Gasteiger partial charge in [-0.2, -0.15) is 17.7 Å². The van der Waals surface area contributed by atoms with Crippen LogP contribution < -0.4 is 4.74 Å². The second-order valence-electron chi connectivity index (χ2n) is 7.90. The highest BCUT2D eigenvalue weighted by molar-refractivity contribution is 6.01. The topological polar surface area (TPSA) is 66.6 Å². The van der Waals surface area contributed by atoms with Crippen molar-refractivity contribution in [3.63, 3.8) is 0 Å². The molecule has 4 rings (SSSR count). The van der Waals surface area contributed by atoms with E-state index in [-0.39, 0.29) is 39.5 Å². The molecule has 5 nitrogen and oxygen atoms in total. The van der Waals surface area contributed by atoms with Crippen molar-refractivity contribution < 1.29 is 37.2 Å². The fourth-order valence-corrected chi connectivity index (χ4v) is 3.90. The van der Waals surface area contributed by atoms with E-state index in [9.17, 15) is 27.9 Å². The minimum atomic E-state index is -4.70. The van der Waals surface area contributed by atoms with Crippen molar-refractivity contribution in [1.29, 1.82) is 0 Å². The quantitative estimate of drug-likeness (QED) is 0.271. The highest BCUT2D eigenvalue weighted by Gasteiger charge is 2.37. The molecule has 3 aromatic carbocycles. The zero-order chi connectivity index (χ0) is 25.3. The van der Waals surface area contributed by atoms with Crippen LogP contribution in [0.25, 0.3) is 11.3 Å². The Balaban J connectivity index is 1.91. The molecule has 1 aliphatic rings. The van der Waals surface area contributed by atoms with Crippen LogP contribution in [0, 0.1) is 0 Å². The molecule has 1 atom stereocenters. The number of carbonyl (C=O) groups is 1. The van der Waals surface area contributed by atoms with Crippen molar-refractivity contribution in [2.75, 3.05) is 0 Å². The molecule has 0 saturated heterocycles. The number of ether oxygens (including phenoxy) is 1. The molecule has 35 heavy (non-hydrogen) atoms. The normalized spacial score (nSPS) is 13.7. The Morgan fingerprint density at radius 3 is 2.37 bits per heavy atom. The van der Waals surface area contributed by atoms with Gasteiger partial charge >= 0.3 is 12.1 Å². The van der Waals surface area contributed by atoms with Crippen LogP contribution in [0.15, 0.2) is 72.8 Å². The van der Waals surface area contributed by atoms with Crippen LogP contribution in [-0.4, -0.2) is 28.3 Å². The maximum Gasteiger partial charge on any atom is 0.416 e. The highest BCUT2D eigenvalue weighted by atomic mass is 19.4. The van der Waals surface area contributed by atoms with Crippen molar-refractivity contribution in [2.45, 2.75) is 19.1 Å². The third-order valence-electron chi connectivity index (χ3n) is 5.75. The van der Waals surface area contributed by atoms with Crippen molar-refractivity contribution >= 4 is 35.6 Å². The van der Waals surface area contributed by atoms with E-state index < -0.39 is 23.8 Å². The van der Waals surface area contributed by atoms with Gasteiger partial charge in [0.05, 0.1) is 16.7 Å². The number of benzene rings is 3. The average molecular weight is 478 g/mol. The van der Waals surface area contributed by atoms with Crippen molar-refractivity contribution in [3.05, 3.63) is 101 Å². The van der Waals surface area contributed by atoms with Gasteiger partial charge in [0.15, 0.2) is 6.04 Å². The lowest BCUT2D eigenvalue weighted by Crippen LogP contribution is -2.17. The Kier molecular flexibility index (Phi) is 6.16. The zero-order valence-electron chi connectivity index (χ0n) is 18.5. The summed E-state index contributed by atoms with van der Waals surface area (Å²) in [5.41, 5.74) is -0.284. The maximum atomic E-state index is 13.8. The Bertz CT molecular complexity index is 1420. The molecule has 1 N–H and O–H groups in total. The van der Waals surface area contributed by atoms with E-state index in [0.29, 0.717) is 5.56 Å². The minimum Gasteiger partial charge on any atom is -0.477 e. The van der Waals surface area contributed by atoms with Crippen LogP contribution >= 0.6 is 0 Å². The van der Waals surface area contributed by atoms with Crippen LogP contribution in [-0.2, 0) is 11.0 Å². The number of alkyl halides is 3. The lowest BCUT2D eigenvalue weighted by molar-refractivity contribution is -0.478. The predicted octanol–water partition coefficient (Wildman–Crippen LogP) is 6.16. The number of hydrogen-bond acceptors (Lipinski definition) is 3. The maximum absolute atomic E-state index is 13.8. The molecule has 0 spiro atoms. The molecule has 1 unspecified atom stereocenters. The van der Waals surface area contributed by atoms with Crippen LogP contribution in [0.2, 0.25) is 0 Å². The first-order valence-electron chi connectivity index (χ1n) is 10.5. The highest BCUT2D eigenvalue weighted by Crippen LogP contribution is 2.45. The Labute approximate surface area is 198 Å². The van der Waals surface area contributed by atoms with E-state index in [1.54, 1.807) is 55.3 Å². The lowest BCUT2D eigenvalue weighted by atomic mass is 9.92. The first-order valence-corrected chi connectivity index (χ1v) is 10.5. The van der Waals surface area contributed by atoms with Crippen molar-refractivity contribution in [2.24, 2.45) is 0 Å². The first kappa shape index (κ1) is 23.7. The number of carboxylic acids is 1. The third kappa shape index (κ3) is 4.52. The number of allylic oxidation sites excluding steroid dienone is 2. The van der Waals surface area contributed by atoms with Gasteiger partial charge in [-0.25, -0.2) is 9.59 Å². The van der Waals surface area contributed by atoms with Gasteiger partial charge in [-0.05, 0) is 18.2 Å². The van der Waals surface area contributed by atoms with Gasteiger partial charge in [-0.15, -0.1) is 0 Å². The average Bonchev–Trinajstić information content (AvgIpc) is 2.86. The second kappa shape index (κ2) is 9.08. The largest absolute Gasteiger partial charge is 0.477 e. The Morgan fingerprint density at radius 2 is 1.74 bits per heavy atom. The van der Waals surface area contributed by atoms with Crippen LogP contribution in [0.1, 0.15) is 45.6 Å². The molecule has 0 radical (unpaired) electrons. The molecule has 1 aliphatic heterocycles. The number of para-hydroxylation sites is 1. The Hall–Kier alpha value is -4.42. The van der Waals surface area contributed by atoms with Crippen molar-refractivity contribution in [1.82, 2.24) is 0 Å². The monoisotopic (exact) mass is 478 g/mol. The van der Waals surface area contributed by atoms with Gasteiger partial charge in [0.2, 0.25) is 5.69 Å². The molecule has 3 aromatic rings. The standard InChI is InChI=1S/C27H18F3NO4/c1-16(31(2)23-11-7-6-10-20(23)26(33)34)21-13-19(27(28,29)30)14-22-18(15-32)12-24(35-25(21)22)17-8-4-3-5-9-17/h3-14,16H,2H2,1H3/p+1. The number of fused-ring (bicyclic) bond motifs is 1. The summed E-state index contributed by atoms with van der Waals surface area (Å²) in [6.45, 7) is 5.50. The molecule has 0 fully saturated rings. The van der Waals surface area contributed by atoms with E-state index in [1.807, 2.05) is 0 Å². The molecule has 0 saturated carbocycles. The molecular formula is C27H19F3NO4+. The fourth-order valence-electron chi connectivity index (χ4n) is 3.90. The third-order valence-corrected chi connectivity index (χ3v) is 5.75. The summed E-state index contributed by atoms with van der Waals surface area (Å²) >= 11 is 0. The van der Waals surface area contributed by atoms with Gasteiger partial charge in [0, 0.05) is 30.2 Å². The molecule has 0 bridgehead atoms. The van der Waals surface area contributed by atoms with Gasteiger partial charge in [-0.3, -0.25) is 0 Å². The van der Waals surface area contributed by atoms with Gasteiger partial charge in [0.25, 0.3) is 0 Å². The van der Waals surface area contributed by atoms with Crippen LogP contribution in [0.3, 0.4) is 0 Å². The number of carboxylic acid groups (broad SMARTS) is 1. The summed E-state index contributed by atoms with van der Waals surface area (Å²) in [7, 11) is 0. The summed E-state index contributed by atoms with van der Waals surface area (Å²) in [5, 5.41) is 9.56. The van der Waals surface area contributed by atoms with E-state index in [2.05, 4.69) is 6.72 Å². The SMILES string of the molecule is C=[N+](c1ccccc1C(=O)O)C(C)c1cc(C(F)(F)F)cc2c1OC(c1ccccc1)=CC2=C=O. The number of halogens is 3. The zero-order valence-corrected chi connectivity index (χ0v) is 18.5. The molecule has 0 amide bonds. The fraction of sp³-hybridized carbons (Fsp3) is 0.111. The Morgan fingerprint density at radius 1 is 1.09 bits per heavy atom. The van der Waals surface area contributed by atoms with Crippen LogP contribution in [0.4, 0.5) is 18.9 Å². The number of aromatic carboxylic acids is 1. The summed E-state index contributed by atoms with van der Waals surface area (Å²) in [4.78, 5) is 23.5. The summed E-state index contributed by atoms with van der Waals surface area (Å²) in [6.07, 6.45) is -3.35. The second-order valence-corrected chi connectivity index (χ2v) is 7.90. The molecular weight excluding hydrogens is 459 g/mol. The van der Waals surface area contributed by atoms with Gasteiger partial charge in [0.1, 0.15) is 29.7 Å². The number of nitrogens with zero attached hydrogens (tertiary/aromatic N) is 1. The van der Waals surface area contributed by atoms with Crippen LogP contribution in [0.5, 0.6) is 5.75 Å². The van der Waals surface area contributed by atoms with E-state index in [4.69, 9.17) is 4.74 Å². The molecule has 176 valence electrons. The molecule has 8 heteroatoms. The molecule has 1 heterocycles. The van der Waals surface area contributed by atoms with E-state index in [0.717, 1.165) is 12.1 Å². The summed E-state index contributed by atoms with van der Waals surface area (Å²) in [5.74, 6) is 0.839. The summed E-state index contributed by atoms with van der Waals surface area (Å²) in [6, 6.07) is 15.7. The molecule has 0 aliphatic carbocycles. The smallest absolute Gasteiger partial charge is 0.416 e. The summed E-state index contributed by atoms with van der Waals surface area (Å²) < 4.78 is 48.8. The first-order chi connectivity index (χ1) is 16.6. The lowest BCUT2D eigenvalue weighted by Gasteiger charge is -2.25. The van der Waals surface area contributed by atoms with E-state index >= 15 is 0 Å².